The van der Waals surface area contributed by atoms with E-state index < -0.39 is 0 Å². The molecule has 0 spiro atoms. The van der Waals surface area contributed by atoms with Crippen LogP contribution in [0.15, 0.2) is 0 Å². The van der Waals surface area contributed by atoms with Crippen molar-refractivity contribution in [2.45, 2.75) is 40.2 Å². The van der Waals surface area contributed by atoms with Crippen molar-refractivity contribution in [1.29, 1.82) is 0 Å². The van der Waals surface area contributed by atoms with Crippen LogP contribution in [0.25, 0.3) is 0 Å². The summed E-state index contributed by atoms with van der Waals surface area (Å²) in [6, 6.07) is 0. The summed E-state index contributed by atoms with van der Waals surface area (Å²) < 4.78 is 5.64. The molecule has 0 heterocycles. The summed E-state index contributed by atoms with van der Waals surface area (Å²) in [7, 11) is 0. The molecule has 0 bridgehead atoms. The second kappa shape index (κ2) is 4.10. The average Bonchev–Trinajstić information content (AvgIpc) is 1.87. The van der Waals surface area contributed by atoms with E-state index in [4.69, 9.17) is 4.74 Å². The molecule has 0 aliphatic carbocycles. The number of rotatable bonds is 4. The highest BCUT2D eigenvalue weighted by Gasteiger charge is 2.32. The molecule has 1 nitrogen and oxygen atoms in total. The third-order valence-corrected chi connectivity index (χ3v) is 2.37. The first-order chi connectivity index (χ1) is 4.95. The predicted octanol–water partition coefficient (Wildman–Crippen LogP) is 2.91. The predicted molar refractivity (Wildman–Crippen MR) is 49.4 cm³/mol. The van der Waals surface area contributed by atoms with Crippen LogP contribution in [0.3, 0.4) is 0 Å². The zero-order valence-electron chi connectivity index (χ0n) is 8.48. The maximum Gasteiger partial charge on any atom is 0.0728 e. The molecule has 0 aromatic carbocycles. The van der Waals surface area contributed by atoms with Crippen LogP contribution < -0.4 is 0 Å². The van der Waals surface area contributed by atoms with E-state index in [0.717, 1.165) is 6.61 Å². The number of hydrogen-bond donors (Lipinski definition) is 0. The third-order valence-electron chi connectivity index (χ3n) is 2.37. The molecule has 0 aliphatic rings. The SMILES string of the molecule is [CH2]C(OCC)(C(C)C)C(C)C. The van der Waals surface area contributed by atoms with Crippen LogP contribution in [-0.2, 0) is 4.74 Å². The Morgan fingerprint density at radius 3 is 1.64 bits per heavy atom. The Morgan fingerprint density at radius 2 is 1.55 bits per heavy atom. The molecule has 0 amide bonds. The van der Waals surface area contributed by atoms with Crippen LogP contribution in [0.5, 0.6) is 0 Å². The van der Waals surface area contributed by atoms with Gasteiger partial charge in [0.15, 0.2) is 0 Å². The van der Waals surface area contributed by atoms with Crippen LogP contribution in [-0.4, -0.2) is 12.2 Å². The van der Waals surface area contributed by atoms with E-state index in [1.54, 1.807) is 0 Å². The summed E-state index contributed by atoms with van der Waals surface area (Å²) in [5.74, 6) is 0.949. The van der Waals surface area contributed by atoms with Gasteiger partial charge >= 0.3 is 0 Å². The lowest BCUT2D eigenvalue weighted by Gasteiger charge is -2.37. The molecule has 0 unspecified atom stereocenters. The van der Waals surface area contributed by atoms with Gasteiger partial charge in [0.25, 0.3) is 0 Å². The van der Waals surface area contributed by atoms with E-state index >= 15 is 0 Å². The standard InChI is InChI=1S/C10H21O/c1-7-11-10(6,8(2)3)9(4)5/h8-9H,6-7H2,1-5H3. The van der Waals surface area contributed by atoms with Gasteiger partial charge in [-0.3, -0.25) is 0 Å². The fourth-order valence-corrected chi connectivity index (χ4v) is 1.27. The van der Waals surface area contributed by atoms with Crippen LogP contribution in [0.4, 0.5) is 0 Å². The molecular weight excluding hydrogens is 136 g/mol. The molecule has 0 saturated heterocycles. The van der Waals surface area contributed by atoms with Gasteiger partial charge in [0.05, 0.1) is 5.60 Å². The van der Waals surface area contributed by atoms with Crippen molar-refractivity contribution in [2.24, 2.45) is 11.8 Å². The Hall–Kier alpha value is -0.0400. The fourth-order valence-electron chi connectivity index (χ4n) is 1.27. The largest absolute Gasteiger partial charge is 0.375 e. The Labute approximate surface area is 71.1 Å². The van der Waals surface area contributed by atoms with E-state index in [9.17, 15) is 0 Å². The lowest BCUT2D eigenvalue weighted by Crippen LogP contribution is -2.40. The molecular formula is C10H21O. The van der Waals surface area contributed by atoms with E-state index in [1.165, 1.54) is 0 Å². The summed E-state index contributed by atoms with van der Waals surface area (Å²) in [5.41, 5.74) is -0.200. The van der Waals surface area contributed by atoms with Gasteiger partial charge in [-0.15, -0.1) is 0 Å². The van der Waals surface area contributed by atoms with Crippen molar-refractivity contribution in [3.63, 3.8) is 0 Å². The van der Waals surface area contributed by atoms with Crippen molar-refractivity contribution in [3.05, 3.63) is 6.92 Å². The van der Waals surface area contributed by atoms with Crippen molar-refractivity contribution >= 4 is 0 Å². The maximum absolute atomic E-state index is 5.64. The zero-order valence-corrected chi connectivity index (χ0v) is 8.48. The Morgan fingerprint density at radius 1 is 1.18 bits per heavy atom. The van der Waals surface area contributed by atoms with Gasteiger partial charge in [-0.05, 0) is 25.7 Å². The van der Waals surface area contributed by atoms with Crippen LogP contribution in [0.2, 0.25) is 0 Å². The quantitative estimate of drug-likeness (QED) is 0.609. The van der Waals surface area contributed by atoms with Crippen molar-refractivity contribution in [3.8, 4) is 0 Å². The molecule has 0 N–H and O–H groups in total. The zero-order chi connectivity index (χ0) is 9.07. The summed E-state index contributed by atoms with van der Waals surface area (Å²) in [4.78, 5) is 0. The molecule has 11 heavy (non-hydrogen) atoms. The monoisotopic (exact) mass is 157 g/mol. The van der Waals surface area contributed by atoms with Gasteiger partial charge < -0.3 is 4.74 Å². The Bertz CT molecular complexity index is 97.4. The van der Waals surface area contributed by atoms with E-state index in [1.807, 2.05) is 6.92 Å². The van der Waals surface area contributed by atoms with Crippen LogP contribution in [0, 0.1) is 18.8 Å². The molecule has 0 atom stereocenters. The van der Waals surface area contributed by atoms with Crippen molar-refractivity contribution in [2.75, 3.05) is 6.61 Å². The second-order valence-corrected chi connectivity index (χ2v) is 3.70. The van der Waals surface area contributed by atoms with Gasteiger partial charge in [-0.25, -0.2) is 0 Å². The second-order valence-electron chi connectivity index (χ2n) is 3.70. The summed E-state index contributed by atoms with van der Waals surface area (Å²) in [6.45, 7) is 15.5. The fraction of sp³-hybridized carbons (Fsp3) is 0.900. The molecule has 0 rings (SSSR count). The topological polar surface area (TPSA) is 9.23 Å². The Balaban J connectivity index is 4.26. The van der Waals surface area contributed by atoms with Gasteiger partial charge in [0.2, 0.25) is 0 Å². The van der Waals surface area contributed by atoms with Crippen molar-refractivity contribution in [1.82, 2.24) is 0 Å². The third kappa shape index (κ3) is 2.48. The van der Waals surface area contributed by atoms with Gasteiger partial charge in [0, 0.05) is 6.61 Å². The first kappa shape index (κ1) is 11.0. The normalized spacial score (nSPS) is 13.1. The minimum absolute atomic E-state index is 0.200. The van der Waals surface area contributed by atoms with E-state index in [0.29, 0.717) is 11.8 Å². The molecule has 0 aromatic heterocycles. The highest BCUT2D eigenvalue weighted by atomic mass is 16.5. The lowest BCUT2D eigenvalue weighted by molar-refractivity contribution is -0.0697. The summed E-state index contributed by atoms with van der Waals surface area (Å²) >= 11 is 0. The smallest absolute Gasteiger partial charge is 0.0728 e. The average molecular weight is 157 g/mol. The Kier molecular flexibility index (Phi) is 4.09. The van der Waals surface area contributed by atoms with Gasteiger partial charge in [0.1, 0.15) is 0 Å². The summed E-state index contributed by atoms with van der Waals surface area (Å²) in [5, 5.41) is 0. The highest BCUT2D eigenvalue weighted by molar-refractivity contribution is 4.89. The highest BCUT2D eigenvalue weighted by Crippen LogP contribution is 2.28. The van der Waals surface area contributed by atoms with Crippen LogP contribution >= 0.6 is 0 Å². The van der Waals surface area contributed by atoms with E-state index in [-0.39, 0.29) is 5.60 Å². The molecule has 1 radical (unpaired) electrons. The molecule has 67 valence electrons. The molecule has 0 aromatic rings. The van der Waals surface area contributed by atoms with E-state index in [2.05, 4.69) is 34.6 Å². The molecule has 0 aliphatic heterocycles. The maximum atomic E-state index is 5.64. The van der Waals surface area contributed by atoms with Gasteiger partial charge in [-0.2, -0.15) is 0 Å². The van der Waals surface area contributed by atoms with Crippen molar-refractivity contribution < 1.29 is 4.74 Å². The van der Waals surface area contributed by atoms with Crippen LogP contribution in [0.1, 0.15) is 34.6 Å². The number of ether oxygens (including phenoxy) is 1. The minimum Gasteiger partial charge on any atom is -0.375 e. The summed E-state index contributed by atoms with van der Waals surface area (Å²) in [6.07, 6.45) is 0. The first-order valence-electron chi connectivity index (χ1n) is 4.44. The molecule has 1 heteroatoms. The number of hydrogen-bond acceptors (Lipinski definition) is 1. The van der Waals surface area contributed by atoms with Gasteiger partial charge in [-0.1, -0.05) is 27.7 Å². The minimum atomic E-state index is -0.200. The first-order valence-corrected chi connectivity index (χ1v) is 4.44. The molecule has 0 fully saturated rings. The lowest BCUT2D eigenvalue weighted by atomic mass is 9.82. The molecule has 0 saturated carbocycles.